The standard InChI is InChI=1S/C17H29N5O/c1-3-20(2)11-14-7-9-21(12-14)17(23)19-15-5-4-6-16(15)22-10-8-18-13-22/h8,10,13-16H,3-7,9,11-12H2,1-2H3,(H,19,23)/t14-,15-,16-/m0/s1. The summed E-state index contributed by atoms with van der Waals surface area (Å²) in [6.45, 7) is 6.10. The Morgan fingerprint density at radius 1 is 1.39 bits per heavy atom. The van der Waals surface area contributed by atoms with E-state index < -0.39 is 0 Å². The SMILES string of the molecule is CCN(C)C[C@@H]1CCN(C(=O)N[C@H]2CCC[C@@H]2n2ccnc2)C1. The van der Waals surface area contributed by atoms with Gasteiger partial charge in [0.25, 0.3) is 0 Å². The topological polar surface area (TPSA) is 53.4 Å². The van der Waals surface area contributed by atoms with Crippen LogP contribution in [0.15, 0.2) is 18.7 Å². The lowest BCUT2D eigenvalue weighted by Gasteiger charge is -2.26. The minimum Gasteiger partial charge on any atom is -0.333 e. The van der Waals surface area contributed by atoms with Gasteiger partial charge in [-0.15, -0.1) is 0 Å². The monoisotopic (exact) mass is 319 g/mol. The lowest BCUT2D eigenvalue weighted by Crippen LogP contribution is -2.45. The third kappa shape index (κ3) is 3.86. The van der Waals surface area contributed by atoms with Gasteiger partial charge in [0.05, 0.1) is 18.4 Å². The highest BCUT2D eigenvalue weighted by molar-refractivity contribution is 5.75. The van der Waals surface area contributed by atoms with E-state index in [9.17, 15) is 4.79 Å². The maximum atomic E-state index is 12.6. The van der Waals surface area contributed by atoms with Crippen LogP contribution in [0.1, 0.15) is 38.6 Å². The largest absolute Gasteiger partial charge is 0.333 e. The first-order valence-electron chi connectivity index (χ1n) is 8.88. The molecule has 2 amide bonds. The number of carbonyl (C=O) groups is 1. The summed E-state index contributed by atoms with van der Waals surface area (Å²) in [4.78, 5) is 21.1. The van der Waals surface area contributed by atoms with Crippen molar-refractivity contribution in [2.45, 2.75) is 44.7 Å². The molecule has 6 heteroatoms. The Hall–Kier alpha value is -1.56. The smallest absolute Gasteiger partial charge is 0.317 e. The van der Waals surface area contributed by atoms with E-state index >= 15 is 0 Å². The Kier molecular flexibility index (Phi) is 5.20. The number of aromatic nitrogens is 2. The fraction of sp³-hybridized carbons (Fsp3) is 0.765. The van der Waals surface area contributed by atoms with Gasteiger partial charge >= 0.3 is 6.03 Å². The second-order valence-electron chi connectivity index (χ2n) is 7.02. The quantitative estimate of drug-likeness (QED) is 0.902. The van der Waals surface area contributed by atoms with Gasteiger partial charge in [0.2, 0.25) is 0 Å². The molecule has 0 bridgehead atoms. The van der Waals surface area contributed by atoms with Gasteiger partial charge in [-0.25, -0.2) is 9.78 Å². The van der Waals surface area contributed by atoms with Crippen molar-refractivity contribution in [2.75, 3.05) is 33.2 Å². The third-order valence-corrected chi connectivity index (χ3v) is 5.38. The van der Waals surface area contributed by atoms with E-state index in [2.05, 4.69) is 33.7 Å². The molecule has 2 heterocycles. The van der Waals surface area contributed by atoms with Crippen LogP contribution in [-0.4, -0.2) is 64.7 Å². The van der Waals surface area contributed by atoms with Crippen LogP contribution < -0.4 is 5.32 Å². The number of nitrogens with one attached hydrogen (secondary N) is 1. The molecule has 128 valence electrons. The predicted molar refractivity (Wildman–Crippen MR) is 90.3 cm³/mol. The molecule has 1 aliphatic carbocycles. The average molecular weight is 319 g/mol. The van der Waals surface area contributed by atoms with Crippen LogP contribution in [0.4, 0.5) is 4.79 Å². The zero-order valence-corrected chi connectivity index (χ0v) is 14.3. The molecule has 0 unspecified atom stereocenters. The fourth-order valence-electron chi connectivity index (χ4n) is 3.92. The summed E-state index contributed by atoms with van der Waals surface area (Å²) in [6.07, 6.45) is 10.1. The number of urea groups is 1. The van der Waals surface area contributed by atoms with Crippen molar-refractivity contribution in [1.82, 2.24) is 24.7 Å². The van der Waals surface area contributed by atoms with Crippen LogP contribution in [0, 0.1) is 5.92 Å². The van der Waals surface area contributed by atoms with E-state index in [1.54, 1.807) is 0 Å². The highest BCUT2D eigenvalue weighted by Gasteiger charge is 2.33. The minimum atomic E-state index is 0.115. The Balaban J connectivity index is 1.51. The minimum absolute atomic E-state index is 0.115. The van der Waals surface area contributed by atoms with E-state index in [-0.39, 0.29) is 12.1 Å². The maximum Gasteiger partial charge on any atom is 0.317 e. The molecule has 3 rings (SSSR count). The van der Waals surface area contributed by atoms with Gasteiger partial charge in [-0.2, -0.15) is 0 Å². The molecular weight excluding hydrogens is 290 g/mol. The van der Waals surface area contributed by atoms with Crippen LogP contribution >= 0.6 is 0 Å². The summed E-state index contributed by atoms with van der Waals surface area (Å²) < 4.78 is 2.14. The zero-order chi connectivity index (χ0) is 16.2. The van der Waals surface area contributed by atoms with Crippen molar-refractivity contribution in [3.05, 3.63) is 18.7 Å². The van der Waals surface area contributed by atoms with Crippen molar-refractivity contribution in [3.8, 4) is 0 Å². The molecule has 1 saturated carbocycles. The number of rotatable bonds is 5. The molecule has 1 aromatic rings. The van der Waals surface area contributed by atoms with Crippen LogP contribution in [-0.2, 0) is 0 Å². The van der Waals surface area contributed by atoms with Gasteiger partial charge in [0.1, 0.15) is 0 Å². The second kappa shape index (κ2) is 7.34. The molecule has 0 aromatic carbocycles. The molecule has 1 aliphatic heterocycles. The number of imidazole rings is 1. The van der Waals surface area contributed by atoms with Gasteiger partial charge in [-0.3, -0.25) is 0 Å². The summed E-state index contributed by atoms with van der Waals surface area (Å²) in [5, 5.41) is 3.27. The summed E-state index contributed by atoms with van der Waals surface area (Å²) in [7, 11) is 2.15. The second-order valence-corrected chi connectivity index (χ2v) is 7.02. The van der Waals surface area contributed by atoms with Crippen LogP contribution in [0.5, 0.6) is 0 Å². The molecule has 2 fully saturated rings. The number of carbonyl (C=O) groups excluding carboxylic acids is 1. The summed E-state index contributed by atoms with van der Waals surface area (Å²) in [5.74, 6) is 0.610. The van der Waals surface area contributed by atoms with Crippen LogP contribution in [0.3, 0.4) is 0 Å². The van der Waals surface area contributed by atoms with Crippen molar-refractivity contribution in [1.29, 1.82) is 0 Å². The normalized spacial score (nSPS) is 27.8. The number of amides is 2. The van der Waals surface area contributed by atoms with Gasteiger partial charge < -0.3 is 19.7 Å². The molecule has 1 aromatic heterocycles. The van der Waals surface area contributed by atoms with E-state index in [0.717, 1.165) is 51.9 Å². The van der Waals surface area contributed by atoms with E-state index in [1.807, 2.05) is 23.6 Å². The Morgan fingerprint density at radius 2 is 2.26 bits per heavy atom. The Bertz CT molecular complexity index is 503. The van der Waals surface area contributed by atoms with E-state index in [4.69, 9.17) is 0 Å². The molecule has 2 aliphatic rings. The fourth-order valence-corrected chi connectivity index (χ4v) is 3.92. The number of hydrogen-bond donors (Lipinski definition) is 1. The highest BCUT2D eigenvalue weighted by Crippen LogP contribution is 2.30. The number of nitrogens with zero attached hydrogens (tertiary/aromatic N) is 4. The average Bonchev–Trinajstić information content (AvgIpc) is 3.27. The predicted octanol–water partition coefficient (Wildman–Crippen LogP) is 1.96. The number of likely N-dealkylation sites (tertiary alicyclic amines) is 1. The zero-order valence-electron chi connectivity index (χ0n) is 14.3. The van der Waals surface area contributed by atoms with Crippen molar-refractivity contribution in [2.24, 2.45) is 5.92 Å². The number of hydrogen-bond acceptors (Lipinski definition) is 3. The van der Waals surface area contributed by atoms with Crippen LogP contribution in [0.25, 0.3) is 0 Å². The van der Waals surface area contributed by atoms with E-state index in [0.29, 0.717) is 12.0 Å². The molecular formula is C17H29N5O. The summed E-state index contributed by atoms with van der Waals surface area (Å²) in [6, 6.07) is 0.698. The molecule has 0 spiro atoms. The van der Waals surface area contributed by atoms with Crippen molar-refractivity contribution >= 4 is 6.03 Å². The summed E-state index contributed by atoms with van der Waals surface area (Å²) >= 11 is 0. The van der Waals surface area contributed by atoms with Gasteiger partial charge in [-0.05, 0) is 45.2 Å². The Labute approximate surface area is 138 Å². The maximum absolute atomic E-state index is 12.6. The summed E-state index contributed by atoms with van der Waals surface area (Å²) in [5.41, 5.74) is 0. The lowest BCUT2D eigenvalue weighted by atomic mass is 10.1. The van der Waals surface area contributed by atoms with E-state index in [1.165, 1.54) is 0 Å². The van der Waals surface area contributed by atoms with Gasteiger partial charge in [-0.1, -0.05) is 6.92 Å². The van der Waals surface area contributed by atoms with Gasteiger partial charge in [0, 0.05) is 32.0 Å². The first-order valence-corrected chi connectivity index (χ1v) is 8.88. The van der Waals surface area contributed by atoms with Crippen molar-refractivity contribution in [3.63, 3.8) is 0 Å². The molecule has 1 N–H and O–H groups in total. The van der Waals surface area contributed by atoms with Gasteiger partial charge in [0.15, 0.2) is 0 Å². The van der Waals surface area contributed by atoms with Crippen molar-refractivity contribution < 1.29 is 4.79 Å². The highest BCUT2D eigenvalue weighted by atomic mass is 16.2. The first-order chi connectivity index (χ1) is 11.2. The molecule has 0 radical (unpaired) electrons. The van der Waals surface area contributed by atoms with Crippen LogP contribution in [0.2, 0.25) is 0 Å². The Morgan fingerprint density at radius 3 is 3.00 bits per heavy atom. The third-order valence-electron chi connectivity index (χ3n) is 5.38. The molecule has 6 nitrogen and oxygen atoms in total. The molecule has 3 atom stereocenters. The lowest BCUT2D eigenvalue weighted by molar-refractivity contribution is 0.197. The molecule has 23 heavy (non-hydrogen) atoms. The molecule has 1 saturated heterocycles. The first kappa shape index (κ1) is 16.3.